The number of carboxylic acid groups (broad SMARTS) is 1. The van der Waals surface area contributed by atoms with Crippen LogP contribution in [0.25, 0.3) is 0 Å². The smallest absolute Gasteiger partial charge is 0.339 e. The summed E-state index contributed by atoms with van der Waals surface area (Å²) in [5.74, 6) is -1.17. The molecule has 0 bridgehead atoms. The number of hydrogen-bond acceptors (Lipinski definition) is 4. The second-order valence-electron chi connectivity index (χ2n) is 1.68. The Balaban J connectivity index is 0.00000121. The molecule has 5 nitrogen and oxygen atoms in total. The van der Waals surface area contributed by atoms with Crippen molar-refractivity contribution in [3.05, 3.63) is 21.9 Å². The molecule has 0 amide bonds. The largest absolute Gasteiger partial charge is 0.478 e. The Bertz CT molecular complexity index is 305. The van der Waals surface area contributed by atoms with Crippen molar-refractivity contribution >= 4 is 29.2 Å². The quantitative estimate of drug-likeness (QED) is 0.733. The number of halogens is 2. The lowest BCUT2D eigenvalue weighted by atomic mass is 10.3. The summed E-state index contributed by atoms with van der Waals surface area (Å²) in [7, 11) is 0. The normalized spacial score (nSPS) is 8.83. The average Bonchev–Trinajstić information content (AvgIpc) is 1.94. The van der Waals surface area contributed by atoms with E-state index in [1.807, 2.05) is 0 Å². The van der Waals surface area contributed by atoms with Gasteiger partial charge < -0.3 is 11.3 Å². The van der Waals surface area contributed by atoms with Gasteiger partial charge in [-0.25, -0.2) is 4.79 Å². The number of aromatic nitrogens is 2. The third-order valence-electron chi connectivity index (χ3n) is 0.949. The summed E-state index contributed by atoms with van der Waals surface area (Å²) < 4.78 is 0. The molecule has 7 heteroatoms. The maximum absolute atomic E-state index is 10.4. The highest BCUT2D eigenvalue weighted by Crippen LogP contribution is 2.14. The molecule has 0 radical (unpaired) electrons. The fourth-order valence-electron chi connectivity index (χ4n) is 0.503. The molecule has 0 atom stereocenters. The van der Waals surface area contributed by atoms with Gasteiger partial charge in [0, 0.05) is 0 Å². The third kappa shape index (κ3) is 2.30. The second-order valence-corrected chi connectivity index (χ2v) is 2.42. The SMILES string of the molecule is N.O=C(O)c1cc(Cl)nnc1Cl. The molecule has 0 aromatic carbocycles. The summed E-state index contributed by atoms with van der Waals surface area (Å²) >= 11 is 10.7. The minimum absolute atomic E-state index is 0. The Morgan fingerprint density at radius 3 is 2.42 bits per heavy atom. The van der Waals surface area contributed by atoms with Gasteiger partial charge in [-0.15, -0.1) is 10.2 Å². The summed E-state index contributed by atoms with van der Waals surface area (Å²) in [6, 6.07) is 1.14. The van der Waals surface area contributed by atoms with E-state index in [9.17, 15) is 4.79 Å². The van der Waals surface area contributed by atoms with Crippen LogP contribution in [0.2, 0.25) is 10.3 Å². The van der Waals surface area contributed by atoms with Gasteiger partial charge in [0.2, 0.25) is 0 Å². The van der Waals surface area contributed by atoms with Gasteiger partial charge in [-0.2, -0.15) is 0 Å². The van der Waals surface area contributed by atoms with Crippen LogP contribution in [0.5, 0.6) is 0 Å². The van der Waals surface area contributed by atoms with E-state index >= 15 is 0 Å². The summed E-state index contributed by atoms with van der Waals surface area (Å²) in [6.45, 7) is 0. The third-order valence-corrected chi connectivity index (χ3v) is 1.41. The van der Waals surface area contributed by atoms with Gasteiger partial charge in [-0.1, -0.05) is 23.2 Å². The van der Waals surface area contributed by atoms with Crippen LogP contribution in [0.3, 0.4) is 0 Å². The zero-order valence-electron chi connectivity index (χ0n) is 5.79. The van der Waals surface area contributed by atoms with E-state index in [0.29, 0.717) is 0 Å². The lowest BCUT2D eigenvalue weighted by molar-refractivity contribution is 0.0696. The highest BCUT2D eigenvalue weighted by Gasteiger charge is 2.10. The standard InChI is InChI=1S/C5H2Cl2N2O2.H3N/c6-3-1-2(5(10)11)4(7)9-8-3;/h1H,(H,10,11);1H3. The highest BCUT2D eigenvalue weighted by molar-refractivity contribution is 6.33. The molecule has 0 saturated heterocycles. The number of nitrogens with zero attached hydrogens (tertiary/aromatic N) is 2. The van der Waals surface area contributed by atoms with E-state index in [1.165, 1.54) is 0 Å². The minimum Gasteiger partial charge on any atom is -0.478 e. The minimum atomic E-state index is -1.17. The first-order chi connectivity index (χ1) is 5.11. The first-order valence-electron chi connectivity index (χ1n) is 2.53. The fourth-order valence-corrected chi connectivity index (χ4v) is 0.823. The topological polar surface area (TPSA) is 98.1 Å². The Kier molecular flexibility index (Phi) is 3.88. The number of aromatic carboxylic acids is 1. The summed E-state index contributed by atoms with van der Waals surface area (Å²) in [6.07, 6.45) is 0. The maximum atomic E-state index is 10.4. The molecule has 0 saturated carbocycles. The van der Waals surface area contributed by atoms with E-state index in [0.717, 1.165) is 6.07 Å². The molecule has 1 rings (SSSR count). The van der Waals surface area contributed by atoms with Crippen molar-refractivity contribution in [3.63, 3.8) is 0 Å². The van der Waals surface area contributed by atoms with Gasteiger partial charge in [0.1, 0.15) is 5.56 Å². The van der Waals surface area contributed by atoms with Crippen LogP contribution in [-0.4, -0.2) is 21.3 Å². The van der Waals surface area contributed by atoms with Crippen molar-refractivity contribution in [3.8, 4) is 0 Å². The van der Waals surface area contributed by atoms with Crippen molar-refractivity contribution in [1.82, 2.24) is 16.3 Å². The van der Waals surface area contributed by atoms with Gasteiger partial charge in [0.25, 0.3) is 0 Å². The van der Waals surface area contributed by atoms with Crippen LogP contribution < -0.4 is 6.15 Å². The molecule has 0 aliphatic carbocycles. The zero-order chi connectivity index (χ0) is 8.43. The van der Waals surface area contributed by atoms with E-state index in [2.05, 4.69) is 10.2 Å². The molecule has 0 fully saturated rings. The number of carbonyl (C=O) groups is 1. The molecular formula is C5H5Cl2N3O2. The molecule has 1 aromatic rings. The van der Waals surface area contributed by atoms with Crippen molar-refractivity contribution in [2.75, 3.05) is 0 Å². The molecule has 66 valence electrons. The predicted molar refractivity (Wildman–Crippen MR) is 44.0 cm³/mol. The fraction of sp³-hybridized carbons (Fsp3) is 0. The van der Waals surface area contributed by atoms with Crippen LogP contribution in [0.1, 0.15) is 10.4 Å². The van der Waals surface area contributed by atoms with Crippen LogP contribution >= 0.6 is 23.2 Å². The van der Waals surface area contributed by atoms with Crippen LogP contribution in [0.4, 0.5) is 0 Å². The average molecular weight is 210 g/mol. The first kappa shape index (κ1) is 11.1. The van der Waals surface area contributed by atoms with Crippen molar-refractivity contribution in [2.45, 2.75) is 0 Å². The molecular weight excluding hydrogens is 205 g/mol. The summed E-state index contributed by atoms with van der Waals surface area (Å²) in [5.41, 5.74) is -0.147. The van der Waals surface area contributed by atoms with E-state index in [-0.39, 0.29) is 22.0 Å². The number of hydrogen-bond donors (Lipinski definition) is 2. The Morgan fingerprint density at radius 2 is 2.00 bits per heavy atom. The first-order valence-corrected chi connectivity index (χ1v) is 3.29. The van der Waals surface area contributed by atoms with Gasteiger partial charge in [-0.3, -0.25) is 0 Å². The number of carboxylic acids is 1. The second kappa shape index (κ2) is 4.20. The molecule has 0 aliphatic rings. The Hall–Kier alpha value is -0.910. The van der Waals surface area contributed by atoms with Gasteiger partial charge in [0.05, 0.1) is 0 Å². The lowest BCUT2D eigenvalue weighted by Crippen LogP contribution is -2.00. The summed E-state index contributed by atoms with van der Waals surface area (Å²) in [5, 5.41) is 15.0. The van der Waals surface area contributed by atoms with Crippen molar-refractivity contribution in [1.29, 1.82) is 0 Å². The Labute approximate surface area is 77.9 Å². The van der Waals surface area contributed by atoms with E-state index in [1.54, 1.807) is 0 Å². The molecule has 0 unspecified atom stereocenters. The van der Waals surface area contributed by atoms with E-state index in [4.69, 9.17) is 28.3 Å². The maximum Gasteiger partial charge on any atom is 0.339 e. The number of rotatable bonds is 1. The van der Waals surface area contributed by atoms with Crippen molar-refractivity contribution in [2.24, 2.45) is 0 Å². The molecule has 4 N–H and O–H groups in total. The van der Waals surface area contributed by atoms with Gasteiger partial charge in [-0.05, 0) is 6.07 Å². The zero-order valence-corrected chi connectivity index (χ0v) is 7.30. The molecule has 0 aliphatic heterocycles. The molecule has 0 spiro atoms. The van der Waals surface area contributed by atoms with Crippen molar-refractivity contribution < 1.29 is 9.90 Å². The lowest BCUT2D eigenvalue weighted by Gasteiger charge is -1.94. The van der Waals surface area contributed by atoms with Gasteiger partial charge in [0.15, 0.2) is 10.3 Å². The monoisotopic (exact) mass is 209 g/mol. The summed E-state index contributed by atoms with van der Waals surface area (Å²) in [4.78, 5) is 10.4. The highest BCUT2D eigenvalue weighted by atomic mass is 35.5. The molecule has 1 aromatic heterocycles. The Morgan fingerprint density at radius 1 is 1.42 bits per heavy atom. The van der Waals surface area contributed by atoms with Crippen LogP contribution in [-0.2, 0) is 0 Å². The molecule has 1 heterocycles. The van der Waals surface area contributed by atoms with Gasteiger partial charge >= 0.3 is 5.97 Å². The van der Waals surface area contributed by atoms with Crippen LogP contribution in [0, 0.1) is 0 Å². The van der Waals surface area contributed by atoms with Crippen LogP contribution in [0.15, 0.2) is 6.07 Å². The van der Waals surface area contributed by atoms with E-state index < -0.39 is 5.97 Å². The molecule has 12 heavy (non-hydrogen) atoms. The predicted octanol–water partition coefficient (Wildman–Crippen LogP) is 1.64.